The fraction of sp³-hybridized carbons (Fsp3) is 0.600. The minimum absolute atomic E-state index is 0.764. The average Bonchev–Trinajstić information content (AvgIpc) is 2.13. The first-order valence-corrected chi connectivity index (χ1v) is 4.18. The summed E-state index contributed by atoms with van der Waals surface area (Å²) in [5.41, 5.74) is 0. The van der Waals surface area contributed by atoms with Gasteiger partial charge in [0, 0.05) is 0 Å². The van der Waals surface area contributed by atoms with Crippen molar-refractivity contribution in [2.24, 2.45) is 11.8 Å². The van der Waals surface area contributed by atoms with Crippen molar-refractivity contribution in [3.63, 3.8) is 0 Å². The zero-order chi connectivity index (χ0) is 7.40. The molecule has 0 nitrogen and oxygen atoms in total. The molecular formula is C10H16. The van der Waals surface area contributed by atoms with Gasteiger partial charge in [-0.1, -0.05) is 38.2 Å². The van der Waals surface area contributed by atoms with Gasteiger partial charge < -0.3 is 0 Å². The molecule has 1 rings (SSSR count). The van der Waals surface area contributed by atoms with Gasteiger partial charge in [0.15, 0.2) is 0 Å². The van der Waals surface area contributed by atoms with Crippen molar-refractivity contribution in [3.8, 4) is 0 Å². The SMILES string of the molecule is CCC1C=CC=CC(C)C1. The van der Waals surface area contributed by atoms with E-state index < -0.39 is 0 Å². The third-order valence-corrected chi connectivity index (χ3v) is 2.13. The summed E-state index contributed by atoms with van der Waals surface area (Å²) in [7, 11) is 0. The van der Waals surface area contributed by atoms with Gasteiger partial charge in [-0.05, 0) is 24.7 Å². The predicted octanol–water partition coefficient (Wildman–Crippen LogP) is 3.16. The van der Waals surface area contributed by atoms with E-state index in [1.807, 2.05) is 0 Å². The van der Waals surface area contributed by atoms with Crippen LogP contribution < -0.4 is 0 Å². The summed E-state index contributed by atoms with van der Waals surface area (Å²) in [6.45, 7) is 4.54. The van der Waals surface area contributed by atoms with Gasteiger partial charge in [0.1, 0.15) is 0 Å². The average molecular weight is 136 g/mol. The van der Waals surface area contributed by atoms with E-state index in [0.717, 1.165) is 11.8 Å². The Hall–Kier alpha value is -0.520. The molecule has 0 saturated carbocycles. The summed E-state index contributed by atoms with van der Waals surface area (Å²) < 4.78 is 0. The van der Waals surface area contributed by atoms with Gasteiger partial charge in [0.2, 0.25) is 0 Å². The maximum atomic E-state index is 2.32. The van der Waals surface area contributed by atoms with Crippen molar-refractivity contribution in [1.29, 1.82) is 0 Å². The number of allylic oxidation sites excluding steroid dienone is 4. The molecule has 0 bridgehead atoms. The maximum absolute atomic E-state index is 2.32. The standard InChI is InChI=1S/C10H16/c1-3-10-7-5-4-6-9(2)8-10/h4-7,9-10H,3,8H2,1-2H3. The van der Waals surface area contributed by atoms with Crippen molar-refractivity contribution in [2.45, 2.75) is 26.7 Å². The molecule has 0 saturated heterocycles. The minimum atomic E-state index is 0.764. The molecular weight excluding hydrogens is 120 g/mol. The summed E-state index contributed by atoms with van der Waals surface area (Å²) in [6.07, 6.45) is 11.6. The number of hydrogen-bond donors (Lipinski definition) is 0. The van der Waals surface area contributed by atoms with Crippen LogP contribution in [-0.2, 0) is 0 Å². The lowest BCUT2D eigenvalue weighted by Gasteiger charge is -2.10. The molecule has 0 aliphatic heterocycles. The smallest absolute Gasteiger partial charge is 0.0228 e. The zero-order valence-corrected chi connectivity index (χ0v) is 6.88. The third-order valence-electron chi connectivity index (χ3n) is 2.13. The van der Waals surface area contributed by atoms with E-state index >= 15 is 0 Å². The van der Waals surface area contributed by atoms with E-state index in [9.17, 15) is 0 Å². The molecule has 0 radical (unpaired) electrons. The van der Waals surface area contributed by atoms with Gasteiger partial charge in [-0.2, -0.15) is 0 Å². The van der Waals surface area contributed by atoms with E-state index in [0.29, 0.717) is 0 Å². The van der Waals surface area contributed by atoms with Crippen LogP contribution in [0.2, 0.25) is 0 Å². The second kappa shape index (κ2) is 3.60. The van der Waals surface area contributed by atoms with E-state index in [1.54, 1.807) is 0 Å². The van der Waals surface area contributed by atoms with Crippen LogP contribution in [0.4, 0.5) is 0 Å². The molecule has 1 aliphatic rings. The zero-order valence-electron chi connectivity index (χ0n) is 6.88. The highest BCUT2D eigenvalue weighted by atomic mass is 14.1. The number of rotatable bonds is 1. The lowest BCUT2D eigenvalue weighted by molar-refractivity contribution is 0.501. The fourth-order valence-electron chi connectivity index (χ4n) is 1.41. The first-order chi connectivity index (χ1) is 4.83. The van der Waals surface area contributed by atoms with Gasteiger partial charge in [0.25, 0.3) is 0 Å². The molecule has 0 aromatic rings. The van der Waals surface area contributed by atoms with Crippen LogP contribution in [-0.4, -0.2) is 0 Å². The van der Waals surface area contributed by atoms with Gasteiger partial charge in [-0.3, -0.25) is 0 Å². The van der Waals surface area contributed by atoms with Crippen LogP contribution in [0.3, 0.4) is 0 Å². The maximum Gasteiger partial charge on any atom is -0.0228 e. The molecule has 0 heteroatoms. The predicted molar refractivity (Wildman–Crippen MR) is 45.8 cm³/mol. The van der Waals surface area contributed by atoms with E-state index in [2.05, 4.69) is 38.2 Å². The lowest BCUT2D eigenvalue weighted by Crippen LogP contribution is -1.98. The fourth-order valence-corrected chi connectivity index (χ4v) is 1.41. The summed E-state index contributed by atoms with van der Waals surface area (Å²) in [4.78, 5) is 0. The summed E-state index contributed by atoms with van der Waals surface area (Å²) in [6, 6.07) is 0. The normalized spacial score (nSPS) is 32.2. The van der Waals surface area contributed by atoms with Crippen molar-refractivity contribution in [3.05, 3.63) is 24.3 Å². The monoisotopic (exact) mass is 136 g/mol. The molecule has 0 heterocycles. The van der Waals surface area contributed by atoms with Crippen molar-refractivity contribution < 1.29 is 0 Å². The largest absolute Gasteiger partial charge is 0.0817 e. The van der Waals surface area contributed by atoms with E-state index in [4.69, 9.17) is 0 Å². The Morgan fingerprint density at radius 1 is 1.30 bits per heavy atom. The Labute approximate surface area is 63.6 Å². The third kappa shape index (κ3) is 2.02. The summed E-state index contributed by atoms with van der Waals surface area (Å²) in [5.74, 6) is 1.57. The Morgan fingerprint density at radius 3 is 2.70 bits per heavy atom. The van der Waals surface area contributed by atoms with Crippen LogP contribution in [0, 0.1) is 11.8 Å². The Kier molecular flexibility index (Phi) is 2.73. The van der Waals surface area contributed by atoms with Crippen LogP contribution in [0.1, 0.15) is 26.7 Å². The molecule has 1 aliphatic carbocycles. The quantitative estimate of drug-likeness (QED) is 0.519. The van der Waals surface area contributed by atoms with Gasteiger partial charge in [-0.15, -0.1) is 0 Å². The van der Waals surface area contributed by atoms with Crippen molar-refractivity contribution in [1.82, 2.24) is 0 Å². The molecule has 10 heavy (non-hydrogen) atoms. The van der Waals surface area contributed by atoms with E-state index in [1.165, 1.54) is 12.8 Å². The Bertz CT molecular complexity index is 142. The van der Waals surface area contributed by atoms with Crippen LogP contribution in [0.25, 0.3) is 0 Å². The van der Waals surface area contributed by atoms with Crippen LogP contribution >= 0.6 is 0 Å². The molecule has 0 spiro atoms. The highest BCUT2D eigenvalue weighted by Gasteiger charge is 2.07. The summed E-state index contributed by atoms with van der Waals surface area (Å²) in [5, 5.41) is 0. The van der Waals surface area contributed by atoms with Gasteiger partial charge in [0.05, 0.1) is 0 Å². The first-order valence-electron chi connectivity index (χ1n) is 4.18. The Morgan fingerprint density at radius 2 is 2.00 bits per heavy atom. The highest BCUT2D eigenvalue weighted by Crippen LogP contribution is 2.20. The van der Waals surface area contributed by atoms with Crippen LogP contribution in [0.5, 0.6) is 0 Å². The molecule has 2 atom stereocenters. The summed E-state index contributed by atoms with van der Waals surface area (Å²) >= 11 is 0. The molecule has 56 valence electrons. The second-order valence-corrected chi connectivity index (χ2v) is 3.15. The molecule has 0 N–H and O–H groups in total. The molecule has 0 aromatic carbocycles. The van der Waals surface area contributed by atoms with Gasteiger partial charge >= 0.3 is 0 Å². The molecule has 0 fully saturated rings. The Balaban J connectivity index is 2.51. The van der Waals surface area contributed by atoms with E-state index in [-0.39, 0.29) is 0 Å². The molecule has 0 amide bonds. The lowest BCUT2D eigenvalue weighted by atomic mass is 9.95. The minimum Gasteiger partial charge on any atom is -0.0817 e. The highest BCUT2D eigenvalue weighted by molar-refractivity contribution is 5.09. The van der Waals surface area contributed by atoms with Crippen molar-refractivity contribution >= 4 is 0 Å². The first kappa shape index (κ1) is 7.59. The van der Waals surface area contributed by atoms with Crippen LogP contribution in [0.15, 0.2) is 24.3 Å². The van der Waals surface area contributed by atoms with Crippen molar-refractivity contribution in [2.75, 3.05) is 0 Å². The number of hydrogen-bond acceptors (Lipinski definition) is 0. The molecule has 2 unspecified atom stereocenters. The van der Waals surface area contributed by atoms with Gasteiger partial charge in [-0.25, -0.2) is 0 Å². The second-order valence-electron chi connectivity index (χ2n) is 3.15. The molecule has 0 aromatic heterocycles. The topological polar surface area (TPSA) is 0 Å².